The smallest absolute Gasteiger partial charge is 0.311 e. The molecule has 7 heteroatoms. The van der Waals surface area contributed by atoms with E-state index in [0.717, 1.165) is 42.4 Å². The molecule has 2 fully saturated rings. The summed E-state index contributed by atoms with van der Waals surface area (Å²) >= 11 is 0. The summed E-state index contributed by atoms with van der Waals surface area (Å²) in [5, 5.41) is 2.91. The molecule has 2 aromatic carbocycles. The molecule has 1 saturated carbocycles. The lowest BCUT2D eigenvalue weighted by molar-refractivity contribution is -0.147. The zero-order chi connectivity index (χ0) is 24.2. The van der Waals surface area contributed by atoms with E-state index in [1.165, 1.54) is 17.0 Å². The molecule has 1 aliphatic heterocycles. The molecule has 1 heterocycles. The third-order valence-electron chi connectivity index (χ3n) is 6.96. The van der Waals surface area contributed by atoms with Crippen LogP contribution in [0.25, 0.3) is 11.1 Å². The van der Waals surface area contributed by atoms with E-state index in [4.69, 9.17) is 0 Å². The first-order valence-corrected chi connectivity index (χ1v) is 12.0. The standard InChI is InChI=1S/C27H32FN3O3/c1-30(2)27(34)25(32)29-23-13-6-14-31(26(33)19-8-4-9-19)24(23)16-18-7-3-10-20(15-18)21-11-5-12-22(28)17-21/h3,5,7,10-12,15,17,19,23-24H,4,6,8-9,13-14,16H2,1-2H3,(H,29,32)/t23-,24-/m0/s1. The SMILES string of the molecule is CN(C)C(=O)C(=O)N[C@H]1CCCN(C(=O)C2CCC2)[C@H]1Cc1cccc(-c2cccc(F)c2)c1. The van der Waals surface area contributed by atoms with Gasteiger partial charge in [0.1, 0.15) is 5.82 Å². The first-order valence-electron chi connectivity index (χ1n) is 12.0. The van der Waals surface area contributed by atoms with Crippen LogP contribution in [0, 0.1) is 11.7 Å². The summed E-state index contributed by atoms with van der Waals surface area (Å²) < 4.78 is 13.8. The van der Waals surface area contributed by atoms with Crippen LogP contribution in [0.1, 0.15) is 37.7 Å². The maximum atomic E-state index is 13.8. The molecule has 1 N–H and O–H groups in total. The molecule has 1 saturated heterocycles. The minimum absolute atomic E-state index is 0.0546. The highest BCUT2D eigenvalue weighted by Crippen LogP contribution is 2.32. The van der Waals surface area contributed by atoms with Crippen molar-refractivity contribution in [1.82, 2.24) is 15.1 Å². The first-order chi connectivity index (χ1) is 16.3. The molecule has 0 spiro atoms. The quantitative estimate of drug-likeness (QED) is 0.688. The minimum Gasteiger partial charge on any atom is -0.343 e. The lowest BCUT2D eigenvalue weighted by Crippen LogP contribution is -2.60. The number of likely N-dealkylation sites (N-methyl/N-ethyl adjacent to an activating group) is 1. The molecular formula is C27H32FN3O3. The van der Waals surface area contributed by atoms with Gasteiger partial charge in [-0.3, -0.25) is 14.4 Å². The van der Waals surface area contributed by atoms with E-state index in [9.17, 15) is 18.8 Å². The Morgan fingerprint density at radius 2 is 1.71 bits per heavy atom. The Bertz CT molecular complexity index is 1070. The second-order valence-electron chi connectivity index (χ2n) is 9.56. The summed E-state index contributed by atoms with van der Waals surface area (Å²) in [6.07, 6.45) is 4.92. The van der Waals surface area contributed by atoms with Crippen molar-refractivity contribution in [3.05, 3.63) is 59.9 Å². The average Bonchev–Trinajstić information content (AvgIpc) is 2.78. The van der Waals surface area contributed by atoms with Crippen molar-refractivity contribution < 1.29 is 18.8 Å². The number of rotatable bonds is 5. The van der Waals surface area contributed by atoms with Crippen LogP contribution in [0.5, 0.6) is 0 Å². The molecule has 1 aliphatic carbocycles. The molecule has 0 unspecified atom stereocenters. The Morgan fingerprint density at radius 3 is 2.35 bits per heavy atom. The van der Waals surface area contributed by atoms with Crippen molar-refractivity contribution >= 4 is 17.7 Å². The molecule has 0 bridgehead atoms. The van der Waals surface area contributed by atoms with Gasteiger partial charge in [0.15, 0.2) is 0 Å². The summed E-state index contributed by atoms with van der Waals surface area (Å²) in [5.41, 5.74) is 2.68. The van der Waals surface area contributed by atoms with E-state index in [-0.39, 0.29) is 29.7 Å². The van der Waals surface area contributed by atoms with Gasteiger partial charge in [-0.15, -0.1) is 0 Å². The van der Waals surface area contributed by atoms with Gasteiger partial charge in [-0.25, -0.2) is 4.39 Å². The largest absolute Gasteiger partial charge is 0.343 e. The van der Waals surface area contributed by atoms with Gasteiger partial charge in [-0.1, -0.05) is 42.8 Å². The number of hydrogen-bond acceptors (Lipinski definition) is 3. The molecule has 0 aromatic heterocycles. The van der Waals surface area contributed by atoms with Gasteiger partial charge in [0, 0.05) is 26.6 Å². The highest BCUT2D eigenvalue weighted by atomic mass is 19.1. The number of carbonyl (C=O) groups is 3. The van der Waals surface area contributed by atoms with Crippen molar-refractivity contribution in [1.29, 1.82) is 0 Å². The summed E-state index contributed by atoms with van der Waals surface area (Å²) in [4.78, 5) is 41.2. The summed E-state index contributed by atoms with van der Waals surface area (Å²) in [6, 6.07) is 13.8. The Morgan fingerprint density at radius 1 is 1.00 bits per heavy atom. The zero-order valence-electron chi connectivity index (χ0n) is 19.8. The van der Waals surface area contributed by atoms with Crippen molar-refractivity contribution in [3.63, 3.8) is 0 Å². The van der Waals surface area contributed by atoms with E-state index in [1.807, 2.05) is 35.2 Å². The van der Waals surface area contributed by atoms with E-state index in [0.29, 0.717) is 19.4 Å². The van der Waals surface area contributed by atoms with E-state index in [1.54, 1.807) is 20.2 Å². The van der Waals surface area contributed by atoms with E-state index < -0.39 is 11.8 Å². The number of halogens is 1. The summed E-state index contributed by atoms with van der Waals surface area (Å²) in [6.45, 7) is 0.650. The number of likely N-dealkylation sites (tertiary alicyclic amines) is 1. The highest BCUT2D eigenvalue weighted by Gasteiger charge is 2.39. The van der Waals surface area contributed by atoms with Crippen molar-refractivity contribution in [3.8, 4) is 11.1 Å². The van der Waals surface area contributed by atoms with Gasteiger partial charge < -0.3 is 15.1 Å². The Kier molecular flexibility index (Phi) is 7.29. The number of carbonyl (C=O) groups excluding carboxylic acids is 3. The number of benzene rings is 2. The zero-order valence-corrected chi connectivity index (χ0v) is 19.8. The van der Waals surface area contributed by atoms with Gasteiger partial charge in [-0.05, 0) is 60.9 Å². The molecule has 34 heavy (non-hydrogen) atoms. The van der Waals surface area contributed by atoms with Gasteiger partial charge in [0.25, 0.3) is 0 Å². The monoisotopic (exact) mass is 465 g/mol. The first kappa shape index (κ1) is 23.9. The molecule has 3 amide bonds. The second kappa shape index (κ2) is 10.4. The third kappa shape index (κ3) is 5.29. The number of piperidine rings is 1. The summed E-state index contributed by atoms with van der Waals surface area (Å²) in [7, 11) is 3.09. The summed E-state index contributed by atoms with van der Waals surface area (Å²) in [5.74, 6) is -1.34. The van der Waals surface area contributed by atoms with Crippen molar-refractivity contribution in [2.75, 3.05) is 20.6 Å². The van der Waals surface area contributed by atoms with Gasteiger partial charge in [0.2, 0.25) is 5.91 Å². The number of nitrogens with zero attached hydrogens (tertiary/aromatic N) is 2. The van der Waals surface area contributed by atoms with Gasteiger partial charge in [-0.2, -0.15) is 0 Å². The fraction of sp³-hybridized carbons (Fsp3) is 0.444. The predicted molar refractivity (Wildman–Crippen MR) is 128 cm³/mol. The van der Waals surface area contributed by atoms with Crippen LogP contribution in [-0.4, -0.2) is 60.2 Å². The number of hydrogen-bond donors (Lipinski definition) is 1. The van der Waals surface area contributed by atoms with Crippen LogP contribution in [0.15, 0.2) is 48.5 Å². The maximum absolute atomic E-state index is 13.8. The van der Waals surface area contributed by atoms with Crippen molar-refractivity contribution in [2.45, 2.75) is 50.6 Å². The highest BCUT2D eigenvalue weighted by molar-refractivity contribution is 6.34. The molecule has 4 rings (SSSR count). The lowest BCUT2D eigenvalue weighted by Gasteiger charge is -2.44. The number of amides is 3. The maximum Gasteiger partial charge on any atom is 0.311 e. The molecule has 2 atom stereocenters. The van der Waals surface area contributed by atoms with Gasteiger partial charge >= 0.3 is 11.8 Å². The van der Waals surface area contributed by atoms with Crippen LogP contribution in [0.3, 0.4) is 0 Å². The molecular weight excluding hydrogens is 433 g/mol. The Labute approximate surface area is 200 Å². The van der Waals surface area contributed by atoms with Crippen molar-refractivity contribution in [2.24, 2.45) is 5.92 Å². The van der Waals surface area contributed by atoms with Crippen LogP contribution in [0.4, 0.5) is 4.39 Å². The second-order valence-corrected chi connectivity index (χ2v) is 9.56. The number of nitrogens with one attached hydrogen (secondary N) is 1. The van der Waals surface area contributed by atoms with E-state index >= 15 is 0 Å². The van der Waals surface area contributed by atoms with Crippen LogP contribution < -0.4 is 5.32 Å². The van der Waals surface area contributed by atoms with E-state index in [2.05, 4.69) is 5.32 Å². The van der Waals surface area contributed by atoms with Gasteiger partial charge in [0.05, 0.1) is 12.1 Å². The van der Waals surface area contributed by atoms with Crippen LogP contribution >= 0.6 is 0 Å². The normalized spacial score (nSPS) is 20.4. The molecule has 180 valence electrons. The Hall–Kier alpha value is -3.22. The fourth-order valence-corrected chi connectivity index (χ4v) is 4.86. The molecule has 2 aliphatic rings. The predicted octanol–water partition coefficient (Wildman–Crippen LogP) is 3.40. The average molecular weight is 466 g/mol. The molecule has 6 nitrogen and oxygen atoms in total. The lowest BCUT2D eigenvalue weighted by atomic mass is 9.82. The Balaban J connectivity index is 1.60. The van der Waals surface area contributed by atoms with Crippen LogP contribution in [-0.2, 0) is 20.8 Å². The topological polar surface area (TPSA) is 69.7 Å². The fourth-order valence-electron chi connectivity index (χ4n) is 4.86. The molecule has 0 radical (unpaired) electrons. The third-order valence-corrected chi connectivity index (χ3v) is 6.96. The minimum atomic E-state index is -0.647. The van der Waals surface area contributed by atoms with Crippen LogP contribution in [0.2, 0.25) is 0 Å². The molecule has 2 aromatic rings.